The van der Waals surface area contributed by atoms with E-state index in [0.29, 0.717) is 0 Å². The first kappa shape index (κ1) is 18.1. The van der Waals surface area contributed by atoms with Gasteiger partial charge >= 0.3 is 29.2 Å². The number of halogens is 3. The summed E-state index contributed by atoms with van der Waals surface area (Å²) in [6.45, 7) is 0.958. The predicted octanol–water partition coefficient (Wildman–Crippen LogP) is -2.48. The van der Waals surface area contributed by atoms with E-state index in [1.165, 1.54) is 0 Å². The molecule has 0 aromatic rings. The van der Waals surface area contributed by atoms with Crippen molar-refractivity contribution in [3.05, 3.63) is 6.42 Å². The van der Waals surface area contributed by atoms with Crippen LogP contribution in [0.15, 0.2) is 0 Å². The number of hydrogen-bond donors (Lipinski definition) is 2. The maximum Gasteiger partial charge on any atom is 1.00 e. The molecule has 0 bridgehead atoms. The zero-order chi connectivity index (χ0) is 9.71. The summed E-state index contributed by atoms with van der Waals surface area (Å²) < 4.78 is 57.4. The van der Waals surface area contributed by atoms with E-state index < -0.39 is 16.5 Å². The molecule has 0 aliphatic heterocycles. The van der Waals surface area contributed by atoms with E-state index >= 15 is 0 Å². The molecule has 12 heavy (non-hydrogen) atoms. The second-order valence-electron chi connectivity index (χ2n) is 1.35. The summed E-state index contributed by atoms with van der Waals surface area (Å²) in [5.74, 6) is 0. The molecular weight excluding hydrogens is 194 g/mol. The molecule has 0 fully saturated rings. The van der Waals surface area contributed by atoms with Gasteiger partial charge in [0, 0.05) is 0 Å². The van der Waals surface area contributed by atoms with Gasteiger partial charge < -0.3 is 0 Å². The molecule has 0 saturated carbocycles. The van der Waals surface area contributed by atoms with Crippen molar-refractivity contribution in [2.75, 3.05) is 0 Å². The first-order valence-electron chi connectivity index (χ1n) is 2.18. The Morgan fingerprint density at radius 2 is 1.50 bits per heavy atom. The second kappa shape index (κ2) is 6.74. The van der Waals surface area contributed by atoms with E-state index in [-0.39, 0.29) is 25.3 Å². The van der Waals surface area contributed by atoms with E-state index in [1.54, 1.807) is 0 Å². The normalized spacial score (nSPS) is 10.8. The summed E-state index contributed by atoms with van der Waals surface area (Å²) in [6, 6.07) is 0. The van der Waals surface area contributed by atoms with Crippen molar-refractivity contribution >= 4 is 10.3 Å². The van der Waals surface area contributed by atoms with Gasteiger partial charge in [-0.3, -0.25) is 4.55 Å². The van der Waals surface area contributed by atoms with Crippen molar-refractivity contribution in [1.82, 2.24) is 0 Å². The Labute approximate surface area is 80.4 Å². The minimum Gasteiger partial charge on any atom is -0.274 e. The average Bonchev–Trinajstić information content (AvgIpc) is 1.59. The molecule has 0 rings (SSSR count). The standard InChI is InChI=1S/C3H4F3.Li.H3NO3S/c1-2-3(4,5)6;;1-5(2,3)4/h2H,1H3;;(H3,1,2,3,4)/q-1;+1;. The fourth-order valence-corrected chi connectivity index (χ4v) is 0. The van der Waals surface area contributed by atoms with Crippen LogP contribution >= 0.6 is 0 Å². The molecule has 3 N–H and O–H groups in total. The van der Waals surface area contributed by atoms with E-state index in [2.05, 4.69) is 5.14 Å². The van der Waals surface area contributed by atoms with Crippen LogP contribution in [0.5, 0.6) is 0 Å². The van der Waals surface area contributed by atoms with Crippen LogP contribution in [0.4, 0.5) is 13.2 Å². The molecule has 9 heteroatoms. The summed E-state index contributed by atoms with van der Waals surface area (Å²) in [4.78, 5) is 0. The molecule has 0 heterocycles. The monoisotopic (exact) mass is 201 g/mol. The largest absolute Gasteiger partial charge is 1.00 e. The Hall–Kier alpha value is 0.257. The topological polar surface area (TPSA) is 80.4 Å². The summed E-state index contributed by atoms with van der Waals surface area (Å²) >= 11 is 0. The smallest absolute Gasteiger partial charge is 0.274 e. The Balaban J connectivity index is -0.000000126. The van der Waals surface area contributed by atoms with Gasteiger partial charge in [-0.2, -0.15) is 15.3 Å². The Morgan fingerprint density at radius 3 is 1.50 bits per heavy atom. The van der Waals surface area contributed by atoms with E-state index in [9.17, 15) is 13.2 Å². The Kier molecular flexibility index (Phi) is 10.2. The number of hydrogen-bond acceptors (Lipinski definition) is 2. The SMILES string of the molecule is C[CH-]C(F)(F)F.NS(=O)(=O)O.[Li+]. The molecule has 0 atom stereocenters. The fourth-order valence-electron chi connectivity index (χ4n) is 0. The van der Waals surface area contributed by atoms with Crippen molar-refractivity contribution in [3.8, 4) is 0 Å². The van der Waals surface area contributed by atoms with Crippen LogP contribution in [0.25, 0.3) is 0 Å². The molecule has 0 saturated heterocycles. The van der Waals surface area contributed by atoms with Gasteiger partial charge in [0.25, 0.3) is 6.18 Å². The van der Waals surface area contributed by atoms with Gasteiger partial charge in [0.2, 0.25) is 0 Å². The molecule has 0 aromatic heterocycles. The minimum atomic E-state index is -4.17. The van der Waals surface area contributed by atoms with Crippen molar-refractivity contribution in [2.24, 2.45) is 5.14 Å². The third-order valence-electron chi connectivity index (χ3n) is 0.327. The molecule has 0 spiro atoms. The van der Waals surface area contributed by atoms with Crippen LogP contribution in [-0.4, -0.2) is 19.1 Å². The van der Waals surface area contributed by atoms with E-state index in [0.717, 1.165) is 6.92 Å². The van der Waals surface area contributed by atoms with Crippen molar-refractivity contribution < 1.29 is 45.0 Å². The van der Waals surface area contributed by atoms with Gasteiger partial charge in [-0.15, -0.1) is 0 Å². The van der Waals surface area contributed by atoms with E-state index in [4.69, 9.17) is 13.0 Å². The first-order valence-corrected chi connectivity index (χ1v) is 3.69. The number of alkyl halides is 3. The predicted molar refractivity (Wildman–Crippen MR) is 31.8 cm³/mol. The summed E-state index contributed by atoms with van der Waals surface area (Å²) in [5.41, 5.74) is 0. The van der Waals surface area contributed by atoms with Crippen LogP contribution < -0.4 is 24.0 Å². The summed E-state index contributed by atoms with van der Waals surface area (Å²) in [5, 5.41) is 3.88. The molecule has 0 unspecified atom stereocenters. The van der Waals surface area contributed by atoms with Gasteiger partial charge in [0.15, 0.2) is 0 Å². The van der Waals surface area contributed by atoms with Crippen LogP contribution in [0.1, 0.15) is 6.92 Å². The van der Waals surface area contributed by atoms with Gasteiger partial charge in [-0.1, -0.05) is 0 Å². The van der Waals surface area contributed by atoms with Gasteiger partial charge in [-0.25, -0.2) is 24.7 Å². The Morgan fingerprint density at radius 1 is 1.42 bits per heavy atom. The van der Waals surface area contributed by atoms with Crippen LogP contribution in [-0.2, 0) is 10.3 Å². The second-order valence-corrected chi connectivity index (χ2v) is 2.38. The molecule has 0 aliphatic rings. The third-order valence-corrected chi connectivity index (χ3v) is 0.327. The van der Waals surface area contributed by atoms with Gasteiger partial charge in [-0.05, 0) is 0 Å². The van der Waals surface area contributed by atoms with Crippen molar-refractivity contribution in [1.29, 1.82) is 0 Å². The Bertz CT molecular complexity index is 181. The molecule has 70 valence electrons. The molecule has 0 aliphatic carbocycles. The third kappa shape index (κ3) is 82.8. The number of rotatable bonds is 0. The van der Waals surface area contributed by atoms with Gasteiger partial charge in [0.05, 0.1) is 0 Å². The van der Waals surface area contributed by atoms with Crippen molar-refractivity contribution in [3.63, 3.8) is 0 Å². The van der Waals surface area contributed by atoms with Crippen LogP contribution in [0, 0.1) is 6.42 Å². The van der Waals surface area contributed by atoms with Crippen molar-refractivity contribution in [2.45, 2.75) is 13.1 Å². The van der Waals surface area contributed by atoms with Crippen LogP contribution in [0.2, 0.25) is 0 Å². The molecule has 0 radical (unpaired) electrons. The average molecular weight is 201 g/mol. The number of nitrogens with two attached hydrogens (primary N) is 1. The molecule has 0 aromatic carbocycles. The molecule has 0 amide bonds. The minimum absolute atomic E-state index is 0. The van der Waals surface area contributed by atoms with Crippen LogP contribution in [0.3, 0.4) is 0 Å². The maximum absolute atomic E-state index is 10.7. The first-order chi connectivity index (χ1) is 4.56. The zero-order valence-electron chi connectivity index (χ0n) is 6.46. The maximum atomic E-state index is 10.7. The quantitative estimate of drug-likeness (QED) is 0.259. The summed E-state index contributed by atoms with van der Waals surface area (Å²) in [7, 11) is -4.17. The molecular formula is C3H7F3LiNO3S. The summed E-state index contributed by atoms with van der Waals surface area (Å²) in [6.07, 6.45) is -3.90. The molecule has 4 nitrogen and oxygen atoms in total. The van der Waals surface area contributed by atoms with Gasteiger partial charge in [0.1, 0.15) is 0 Å². The fraction of sp³-hybridized carbons (Fsp3) is 0.667. The van der Waals surface area contributed by atoms with E-state index in [1.807, 2.05) is 0 Å². The zero-order valence-corrected chi connectivity index (χ0v) is 7.28.